The number of nitrogens with one attached hydrogen (secondary N) is 1. The van der Waals surface area contributed by atoms with E-state index in [1.807, 2.05) is 6.07 Å². The fourth-order valence-electron chi connectivity index (χ4n) is 1.58. The number of hydrogen-bond donors (Lipinski definition) is 1. The highest BCUT2D eigenvalue weighted by molar-refractivity contribution is 5.72. The molecule has 0 saturated heterocycles. The van der Waals surface area contributed by atoms with Crippen molar-refractivity contribution in [3.8, 4) is 11.5 Å². The molecule has 0 spiro atoms. The van der Waals surface area contributed by atoms with E-state index in [0.29, 0.717) is 0 Å². The molecule has 4 heteroatoms. The highest BCUT2D eigenvalue weighted by atomic mass is 16.5. The molecular formula is C9H8N2O2. The van der Waals surface area contributed by atoms with E-state index in [-0.39, 0.29) is 0 Å². The summed E-state index contributed by atoms with van der Waals surface area (Å²) in [6.45, 7) is 0.890. The van der Waals surface area contributed by atoms with Crippen LogP contribution in [0.15, 0.2) is 27.5 Å². The van der Waals surface area contributed by atoms with Gasteiger partial charge in [-0.15, -0.1) is 0 Å². The summed E-state index contributed by atoms with van der Waals surface area (Å²) in [6, 6.07) is 1.90. The maximum atomic E-state index is 5.32. The molecule has 0 fully saturated rings. The standard InChI is InChI=1S/C9H8N2O2/c1-3-10-7-2-4-12-9(7)8-6(1)5-11-13-8/h2,4-5,10H,1,3H2. The Hall–Kier alpha value is -1.71. The Kier molecular flexibility index (Phi) is 1.24. The maximum absolute atomic E-state index is 5.32. The zero-order valence-corrected chi connectivity index (χ0v) is 6.91. The van der Waals surface area contributed by atoms with Gasteiger partial charge in [0.2, 0.25) is 5.76 Å². The zero-order valence-electron chi connectivity index (χ0n) is 6.91. The minimum Gasteiger partial charge on any atom is -0.459 e. The predicted molar refractivity (Wildman–Crippen MR) is 46.4 cm³/mol. The molecule has 0 aliphatic carbocycles. The number of nitrogens with zero attached hydrogens (tertiary/aromatic N) is 1. The second-order valence-electron chi connectivity index (χ2n) is 3.02. The summed E-state index contributed by atoms with van der Waals surface area (Å²) in [5, 5.41) is 7.02. The number of furan rings is 1. The Morgan fingerprint density at radius 3 is 3.38 bits per heavy atom. The Labute approximate surface area is 74.5 Å². The lowest BCUT2D eigenvalue weighted by Crippen LogP contribution is -2.01. The molecule has 0 unspecified atom stereocenters. The van der Waals surface area contributed by atoms with Gasteiger partial charge >= 0.3 is 0 Å². The van der Waals surface area contributed by atoms with Crippen LogP contribution in [0.5, 0.6) is 0 Å². The summed E-state index contributed by atoms with van der Waals surface area (Å²) in [6.07, 6.45) is 4.31. The van der Waals surface area contributed by atoms with Crippen molar-refractivity contribution in [2.24, 2.45) is 0 Å². The lowest BCUT2D eigenvalue weighted by atomic mass is 10.2. The van der Waals surface area contributed by atoms with Crippen molar-refractivity contribution in [3.63, 3.8) is 0 Å². The third kappa shape index (κ3) is 0.884. The molecule has 3 rings (SSSR count). The Morgan fingerprint density at radius 2 is 2.38 bits per heavy atom. The first-order chi connectivity index (χ1) is 6.45. The lowest BCUT2D eigenvalue weighted by molar-refractivity contribution is 0.417. The zero-order chi connectivity index (χ0) is 8.67. The second-order valence-corrected chi connectivity index (χ2v) is 3.02. The van der Waals surface area contributed by atoms with Gasteiger partial charge in [0.15, 0.2) is 5.76 Å². The monoisotopic (exact) mass is 176 g/mol. The van der Waals surface area contributed by atoms with Crippen LogP contribution in [0.3, 0.4) is 0 Å². The minimum atomic E-state index is 0.755. The second kappa shape index (κ2) is 2.39. The van der Waals surface area contributed by atoms with E-state index in [9.17, 15) is 0 Å². The topological polar surface area (TPSA) is 51.2 Å². The van der Waals surface area contributed by atoms with E-state index in [2.05, 4.69) is 10.5 Å². The highest BCUT2D eigenvalue weighted by Gasteiger charge is 2.20. The number of anilines is 1. The normalized spacial score (nSPS) is 14.2. The van der Waals surface area contributed by atoms with Crippen molar-refractivity contribution < 1.29 is 8.94 Å². The van der Waals surface area contributed by atoms with E-state index >= 15 is 0 Å². The van der Waals surface area contributed by atoms with Gasteiger partial charge in [-0.1, -0.05) is 5.16 Å². The van der Waals surface area contributed by atoms with Gasteiger partial charge in [-0.3, -0.25) is 0 Å². The Balaban J connectivity index is 2.27. The summed E-state index contributed by atoms with van der Waals surface area (Å²) in [4.78, 5) is 0. The van der Waals surface area contributed by atoms with Crippen LogP contribution in [0, 0.1) is 0 Å². The molecule has 0 bridgehead atoms. The summed E-state index contributed by atoms with van der Waals surface area (Å²) in [5.41, 5.74) is 2.08. The smallest absolute Gasteiger partial charge is 0.207 e. The van der Waals surface area contributed by atoms with Crippen LogP contribution in [0.4, 0.5) is 5.69 Å². The van der Waals surface area contributed by atoms with E-state index in [1.165, 1.54) is 0 Å². The van der Waals surface area contributed by atoms with E-state index in [4.69, 9.17) is 8.94 Å². The molecule has 0 aromatic carbocycles. The van der Waals surface area contributed by atoms with Crippen molar-refractivity contribution in [1.29, 1.82) is 0 Å². The number of aromatic nitrogens is 1. The third-order valence-corrected chi connectivity index (χ3v) is 2.23. The van der Waals surface area contributed by atoms with Crippen molar-refractivity contribution in [1.82, 2.24) is 5.16 Å². The fraction of sp³-hybridized carbons (Fsp3) is 0.222. The van der Waals surface area contributed by atoms with Crippen LogP contribution >= 0.6 is 0 Å². The number of rotatable bonds is 0. The SMILES string of the molecule is c1cc2c(o1)-c1oncc1CCN2. The van der Waals surface area contributed by atoms with Crippen LogP contribution in [0.2, 0.25) is 0 Å². The van der Waals surface area contributed by atoms with Crippen molar-refractivity contribution >= 4 is 5.69 Å². The Morgan fingerprint density at radius 1 is 1.38 bits per heavy atom. The summed E-state index contributed by atoms with van der Waals surface area (Å²) in [7, 11) is 0. The van der Waals surface area contributed by atoms with Gasteiger partial charge in [0, 0.05) is 18.2 Å². The number of fused-ring (bicyclic) bond motifs is 3. The van der Waals surface area contributed by atoms with Crippen LogP contribution in [0.25, 0.3) is 11.5 Å². The quantitative estimate of drug-likeness (QED) is 0.666. The minimum absolute atomic E-state index is 0.755. The molecule has 13 heavy (non-hydrogen) atoms. The molecule has 66 valence electrons. The molecule has 4 nitrogen and oxygen atoms in total. The average Bonchev–Trinajstić information content (AvgIpc) is 2.72. The van der Waals surface area contributed by atoms with E-state index in [1.54, 1.807) is 12.5 Å². The Bertz CT molecular complexity index is 390. The third-order valence-electron chi connectivity index (χ3n) is 2.23. The summed E-state index contributed by atoms with van der Waals surface area (Å²) in [5.74, 6) is 1.51. The molecule has 1 aliphatic heterocycles. The predicted octanol–water partition coefficient (Wildman–Crippen LogP) is 1.90. The molecular weight excluding hydrogens is 168 g/mol. The van der Waals surface area contributed by atoms with Crippen LogP contribution in [-0.2, 0) is 6.42 Å². The van der Waals surface area contributed by atoms with Gasteiger partial charge in [-0.05, 0) is 6.42 Å². The molecule has 0 radical (unpaired) electrons. The first-order valence-corrected chi connectivity index (χ1v) is 4.20. The fourth-order valence-corrected chi connectivity index (χ4v) is 1.58. The van der Waals surface area contributed by atoms with Gasteiger partial charge in [-0.2, -0.15) is 0 Å². The largest absolute Gasteiger partial charge is 0.459 e. The van der Waals surface area contributed by atoms with Gasteiger partial charge in [0.1, 0.15) is 0 Å². The maximum Gasteiger partial charge on any atom is 0.207 e. The molecule has 2 aromatic heterocycles. The van der Waals surface area contributed by atoms with Gasteiger partial charge in [0.25, 0.3) is 0 Å². The van der Waals surface area contributed by atoms with E-state index in [0.717, 1.165) is 35.7 Å². The van der Waals surface area contributed by atoms with Gasteiger partial charge < -0.3 is 14.3 Å². The van der Waals surface area contributed by atoms with Crippen molar-refractivity contribution in [3.05, 3.63) is 24.1 Å². The highest BCUT2D eigenvalue weighted by Crippen LogP contribution is 2.33. The van der Waals surface area contributed by atoms with Crippen LogP contribution in [-0.4, -0.2) is 11.7 Å². The summed E-state index contributed by atoms with van der Waals surface area (Å²) >= 11 is 0. The van der Waals surface area contributed by atoms with Gasteiger partial charge in [-0.25, -0.2) is 0 Å². The molecule has 1 N–H and O–H groups in total. The number of hydrogen-bond acceptors (Lipinski definition) is 4. The molecule has 2 aromatic rings. The average molecular weight is 176 g/mol. The molecule has 3 heterocycles. The molecule has 0 saturated carbocycles. The van der Waals surface area contributed by atoms with Crippen LogP contribution < -0.4 is 5.32 Å². The van der Waals surface area contributed by atoms with Crippen molar-refractivity contribution in [2.45, 2.75) is 6.42 Å². The summed E-state index contributed by atoms with van der Waals surface area (Å²) < 4.78 is 10.5. The van der Waals surface area contributed by atoms with Crippen molar-refractivity contribution in [2.75, 3.05) is 11.9 Å². The molecule has 1 aliphatic rings. The first kappa shape index (κ1) is 6.77. The van der Waals surface area contributed by atoms with E-state index < -0.39 is 0 Å². The molecule has 0 amide bonds. The molecule has 0 atom stereocenters. The van der Waals surface area contributed by atoms with Gasteiger partial charge in [0.05, 0.1) is 18.1 Å². The lowest BCUT2D eigenvalue weighted by Gasteiger charge is -1.97. The first-order valence-electron chi connectivity index (χ1n) is 4.20. The van der Waals surface area contributed by atoms with Crippen LogP contribution in [0.1, 0.15) is 5.56 Å².